The van der Waals surface area contributed by atoms with E-state index >= 15 is 0 Å². The number of nitrogens with one attached hydrogen (secondary N) is 1. The van der Waals surface area contributed by atoms with Crippen molar-refractivity contribution in [3.63, 3.8) is 0 Å². The van der Waals surface area contributed by atoms with Crippen molar-refractivity contribution >= 4 is 27.4 Å². The Morgan fingerprint density at radius 2 is 2.14 bits per heavy atom. The lowest BCUT2D eigenvalue weighted by Gasteiger charge is -1.99. The maximum absolute atomic E-state index is 13.6. The van der Waals surface area contributed by atoms with Gasteiger partial charge in [0.1, 0.15) is 5.75 Å². The SMILES string of the molecule is CNc1ncc(C#Cc2nc3ccc(O)cc3s2)cc1F. The molecule has 0 aliphatic carbocycles. The number of halogens is 1. The number of nitrogens with zero attached hydrogens (tertiary/aromatic N) is 2. The number of aromatic nitrogens is 2. The lowest BCUT2D eigenvalue weighted by atomic mass is 10.3. The van der Waals surface area contributed by atoms with Crippen LogP contribution in [-0.2, 0) is 0 Å². The zero-order valence-electron chi connectivity index (χ0n) is 11.0. The molecule has 3 rings (SSSR count). The Hall–Kier alpha value is -2.65. The van der Waals surface area contributed by atoms with Gasteiger partial charge in [-0.1, -0.05) is 5.92 Å². The van der Waals surface area contributed by atoms with Gasteiger partial charge in [0.15, 0.2) is 16.6 Å². The van der Waals surface area contributed by atoms with Crippen LogP contribution in [0.4, 0.5) is 10.2 Å². The minimum absolute atomic E-state index is 0.191. The van der Waals surface area contributed by atoms with E-state index in [1.165, 1.54) is 23.6 Å². The molecular formula is C15H10FN3OS. The summed E-state index contributed by atoms with van der Waals surface area (Å²) in [4.78, 5) is 8.26. The fraction of sp³-hybridized carbons (Fsp3) is 0.0667. The van der Waals surface area contributed by atoms with Gasteiger partial charge < -0.3 is 10.4 Å². The predicted octanol–water partition coefficient (Wildman–Crippen LogP) is 2.98. The molecule has 0 amide bonds. The Morgan fingerprint density at radius 1 is 1.29 bits per heavy atom. The zero-order valence-corrected chi connectivity index (χ0v) is 11.8. The molecule has 2 heterocycles. The Morgan fingerprint density at radius 3 is 2.90 bits per heavy atom. The topological polar surface area (TPSA) is 58.0 Å². The van der Waals surface area contributed by atoms with Gasteiger partial charge >= 0.3 is 0 Å². The average Bonchev–Trinajstić information content (AvgIpc) is 2.87. The molecule has 0 fully saturated rings. The molecular weight excluding hydrogens is 289 g/mol. The van der Waals surface area contributed by atoms with Crippen molar-refractivity contribution in [1.29, 1.82) is 0 Å². The molecule has 0 saturated heterocycles. The molecule has 0 saturated carbocycles. The van der Waals surface area contributed by atoms with Crippen LogP contribution < -0.4 is 5.32 Å². The van der Waals surface area contributed by atoms with Crippen LogP contribution in [0.2, 0.25) is 0 Å². The third-order valence-corrected chi connectivity index (χ3v) is 3.70. The summed E-state index contributed by atoms with van der Waals surface area (Å²) in [5.74, 6) is 5.66. The maximum atomic E-state index is 13.6. The second kappa shape index (κ2) is 5.38. The number of aromatic hydroxyl groups is 1. The maximum Gasteiger partial charge on any atom is 0.168 e. The second-order valence-electron chi connectivity index (χ2n) is 4.23. The standard InChI is InChI=1S/C15H10FN3OS/c1-17-15-11(16)6-9(8-18-15)2-5-14-19-12-4-3-10(20)7-13(12)21-14/h3-4,6-8,20H,1H3,(H,17,18). The molecule has 4 nitrogen and oxygen atoms in total. The summed E-state index contributed by atoms with van der Waals surface area (Å²) >= 11 is 1.37. The third kappa shape index (κ3) is 2.78. The minimum atomic E-state index is -0.446. The Bertz CT molecular complexity index is 879. The Balaban J connectivity index is 1.93. The molecule has 3 aromatic rings. The number of thiazole rings is 1. The van der Waals surface area contributed by atoms with Crippen molar-refractivity contribution in [2.24, 2.45) is 0 Å². The number of phenols is 1. The molecule has 0 radical (unpaired) electrons. The fourth-order valence-corrected chi connectivity index (χ4v) is 2.63. The number of benzene rings is 1. The average molecular weight is 299 g/mol. The quantitative estimate of drug-likeness (QED) is 0.678. The lowest BCUT2D eigenvalue weighted by Crippen LogP contribution is -1.96. The van der Waals surface area contributed by atoms with Crippen LogP contribution in [0.1, 0.15) is 10.6 Å². The predicted molar refractivity (Wildman–Crippen MR) is 81.0 cm³/mol. The first-order valence-electron chi connectivity index (χ1n) is 6.10. The van der Waals surface area contributed by atoms with Gasteiger partial charge in [-0.05, 0) is 30.2 Å². The number of rotatable bonds is 1. The second-order valence-corrected chi connectivity index (χ2v) is 5.26. The van der Waals surface area contributed by atoms with Crippen molar-refractivity contribution in [1.82, 2.24) is 9.97 Å². The first-order valence-corrected chi connectivity index (χ1v) is 6.92. The molecule has 0 spiro atoms. The Kier molecular flexibility index (Phi) is 3.42. The molecule has 0 aliphatic heterocycles. The normalized spacial score (nSPS) is 10.2. The van der Waals surface area contributed by atoms with Gasteiger partial charge in [0.05, 0.1) is 10.2 Å². The molecule has 6 heteroatoms. The van der Waals surface area contributed by atoms with E-state index in [9.17, 15) is 9.50 Å². The summed E-state index contributed by atoms with van der Waals surface area (Å²) in [5, 5.41) is 12.7. The van der Waals surface area contributed by atoms with E-state index in [1.807, 2.05) is 0 Å². The molecule has 0 aliphatic rings. The van der Waals surface area contributed by atoms with Crippen LogP contribution >= 0.6 is 11.3 Å². The zero-order chi connectivity index (χ0) is 14.8. The molecule has 0 atom stereocenters. The van der Waals surface area contributed by atoms with E-state index in [4.69, 9.17) is 0 Å². The van der Waals surface area contributed by atoms with Gasteiger partial charge in [0.25, 0.3) is 0 Å². The van der Waals surface area contributed by atoms with Crippen LogP contribution in [-0.4, -0.2) is 22.1 Å². The monoisotopic (exact) mass is 299 g/mol. The molecule has 0 bridgehead atoms. The summed E-state index contributed by atoms with van der Waals surface area (Å²) in [6, 6.07) is 6.27. The van der Waals surface area contributed by atoms with Crippen LogP contribution in [0.25, 0.3) is 10.2 Å². The highest BCUT2D eigenvalue weighted by atomic mass is 32.1. The highest BCUT2D eigenvalue weighted by molar-refractivity contribution is 7.19. The van der Waals surface area contributed by atoms with Gasteiger partial charge in [0.2, 0.25) is 0 Å². The lowest BCUT2D eigenvalue weighted by molar-refractivity contribution is 0.476. The third-order valence-electron chi connectivity index (χ3n) is 2.76. The fourth-order valence-electron chi connectivity index (χ4n) is 1.78. The molecule has 104 valence electrons. The molecule has 2 aromatic heterocycles. The van der Waals surface area contributed by atoms with Gasteiger partial charge in [-0.25, -0.2) is 14.4 Å². The summed E-state index contributed by atoms with van der Waals surface area (Å²) < 4.78 is 14.4. The van der Waals surface area contributed by atoms with E-state index in [0.717, 1.165) is 10.2 Å². The van der Waals surface area contributed by atoms with E-state index < -0.39 is 5.82 Å². The van der Waals surface area contributed by atoms with Crippen LogP contribution in [0, 0.1) is 17.7 Å². The number of pyridine rings is 1. The summed E-state index contributed by atoms with van der Waals surface area (Å²) in [6.45, 7) is 0. The van der Waals surface area contributed by atoms with Crippen LogP contribution in [0.5, 0.6) is 5.75 Å². The van der Waals surface area contributed by atoms with Gasteiger partial charge in [-0.2, -0.15) is 0 Å². The van der Waals surface area contributed by atoms with E-state index in [0.29, 0.717) is 10.6 Å². The Labute approximate surface area is 124 Å². The van der Waals surface area contributed by atoms with Crippen LogP contribution in [0.3, 0.4) is 0 Å². The van der Waals surface area contributed by atoms with E-state index in [-0.39, 0.29) is 11.6 Å². The largest absolute Gasteiger partial charge is 0.508 e. The molecule has 21 heavy (non-hydrogen) atoms. The van der Waals surface area contributed by atoms with Crippen molar-refractivity contribution in [2.75, 3.05) is 12.4 Å². The van der Waals surface area contributed by atoms with Gasteiger partial charge in [-0.3, -0.25) is 0 Å². The van der Waals surface area contributed by atoms with Gasteiger partial charge in [-0.15, -0.1) is 11.3 Å². The van der Waals surface area contributed by atoms with Crippen molar-refractivity contribution in [3.05, 3.63) is 46.9 Å². The summed E-state index contributed by atoms with van der Waals surface area (Å²) in [7, 11) is 1.60. The number of anilines is 1. The highest BCUT2D eigenvalue weighted by Crippen LogP contribution is 2.25. The number of fused-ring (bicyclic) bond motifs is 1. The van der Waals surface area contributed by atoms with Crippen molar-refractivity contribution < 1.29 is 9.50 Å². The van der Waals surface area contributed by atoms with Gasteiger partial charge in [0, 0.05) is 18.8 Å². The summed E-state index contributed by atoms with van der Waals surface area (Å²) in [5.41, 5.74) is 1.26. The number of hydrogen-bond acceptors (Lipinski definition) is 5. The van der Waals surface area contributed by atoms with Crippen molar-refractivity contribution in [3.8, 4) is 17.6 Å². The minimum Gasteiger partial charge on any atom is -0.508 e. The highest BCUT2D eigenvalue weighted by Gasteiger charge is 2.03. The molecule has 0 unspecified atom stereocenters. The molecule has 1 aromatic carbocycles. The van der Waals surface area contributed by atoms with E-state index in [1.54, 1.807) is 25.2 Å². The number of hydrogen-bond donors (Lipinski definition) is 2. The van der Waals surface area contributed by atoms with Crippen LogP contribution in [0.15, 0.2) is 30.5 Å². The summed E-state index contributed by atoms with van der Waals surface area (Å²) in [6.07, 6.45) is 1.50. The molecule has 2 N–H and O–H groups in total. The van der Waals surface area contributed by atoms with Crippen molar-refractivity contribution in [2.45, 2.75) is 0 Å². The first kappa shape index (κ1) is 13.3. The number of phenolic OH excluding ortho intramolecular Hbond substituents is 1. The smallest absolute Gasteiger partial charge is 0.168 e. The first-order chi connectivity index (χ1) is 10.2. The van der Waals surface area contributed by atoms with E-state index in [2.05, 4.69) is 27.1 Å².